The third-order valence-corrected chi connectivity index (χ3v) is 5.63. The quantitative estimate of drug-likeness (QED) is 0.292. The molecule has 1 heterocycles. The Hall–Kier alpha value is -2.54. The zero-order valence-electron chi connectivity index (χ0n) is 16.5. The number of hydrogen-bond acceptors (Lipinski definition) is 5. The van der Waals surface area contributed by atoms with E-state index in [1.54, 1.807) is 49.6 Å². The fourth-order valence-corrected chi connectivity index (χ4v) is 3.75. The lowest BCUT2D eigenvalue weighted by atomic mass is 9.95. The Morgan fingerprint density at radius 2 is 1.87 bits per heavy atom. The molecular weight excluding hydrogens is 429 g/mol. The van der Waals surface area contributed by atoms with Gasteiger partial charge in [0.05, 0.1) is 28.8 Å². The SMILES string of the molecule is COCCCN1C(=O)C(=O)C(=C(O)c2cccc(OC)c2)C1c1ccc(Cl)c(Cl)c1. The van der Waals surface area contributed by atoms with Gasteiger partial charge in [0.25, 0.3) is 11.7 Å². The largest absolute Gasteiger partial charge is 0.507 e. The van der Waals surface area contributed by atoms with E-state index >= 15 is 0 Å². The van der Waals surface area contributed by atoms with Crippen LogP contribution in [0.3, 0.4) is 0 Å². The summed E-state index contributed by atoms with van der Waals surface area (Å²) in [6.07, 6.45) is 0.528. The molecule has 0 radical (unpaired) electrons. The normalized spacial score (nSPS) is 18.1. The lowest BCUT2D eigenvalue weighted by Crippen LogP contribution is -2.31. The topological polar surface area (TPSA) is 76.1 Å². The Morgan fingerprint density at radius 3 is 2.53 bits per heavy atom. The lowest BCUT2D eigenvalue weighted by molar-refractivity contribution is -0.140. The number of methoxy groups -OCH3 is 2. The van der Waals surface area contributed by atoms with Gasteiger partial charge in [0, 0.05) is 25.8 Å². The Labute approximate surface area is 184 Å². The Morgan fingerprint density at radius 1 is 1.10 bits per heavy atom. The van der Waals surface area contributed by atoms with Crippen LogP contribution in [0, 0.1) is 0 Å². The second-order valence-electron chi connectivity index (χ2n) is 6.74. The van der Waals surface area contributed by atoms with Crippen LogP contribution in [0.15, 0.2) is 48.0 Å². The number of carbonyl (C=O) groups is 2. The third-order valence-electron chi connectivity index (χ3n) is 4.89. The third kappa shape index (κ3) is 4.31. The van der Waals surface area contributed by atoms with Crippen LogP contribution in [0.5, 0.6) is 5.75 Å². The van der Waals surface area contributed by atoms with Crippen molar-refractivity contribution in [2.24, 2.45) is 0 Å². The van der Waals surface area contributed by atoms with Gasteiger partial charge in [-0.05, 0) is 36.2 Å². The minimum absolute atomic E-state index is 0.0101. The maximum atomic E-state index is 12.9. The molecule has 2 aromatic carbocycles. The van der Waals surface area contributed by atoms with Gasteiger partial charge >= 0.3 is 0 Å². The van der Waals surface area contributed by atoms with Crippen molar-refractivity contribution >= 4 is 40.7 Å². The van der Waals surface area contributed by atoms with Gasteiger partial charge in [0.1, 0.15) is 11.5 Å². The molecule has 0 aromatic heterocycles. The molecule has 8 heteroatoms. The molecule has 6 nitrogen and oxygen atoms in total. The van der Waals surface area contributed by atoms with E-state index in [0.29, 0.717) is 34.9 Å². The fourth-order valence-electron chi connectivity index (χ4n) is 3.44. The number of ketones is 1. The molecule has 1 fully saturated rings. The smallest absolute Gasteiger partial charge is 0.295 e. The molecule has 3 rings (SSSR count). The highest BCUT2D eigenvalue weighted by Gasteiger charge is 2.45. The van der Waals surface area contributed by atoms with Crippen molar-refractivity contribution in [2.75, 3.05) is 27.4 Å². The number of amides is 1. The maximum absolute atomic E-state index is 12.9. The highest BCUT2D eigenvalue weighted by molar-refractivity contribution is 6.46. The summed E-state index contributed by atoms with van der Waals surface area (Å²) in [6, 6.07) is 10.7. The van der Waals surface area contributed by atoms with Gasteiger partial charge < -0.3 is 19.5 Å². The van der Waals surface area contributed by atoms with Crippen molar-refractivity contribution in [2.45, 2.75) is 12.5 Å². The van der Waals surface area contributed by atoms with Gasteiger partial charge in [-0.15, -0.1) is 0 Å². The Balaban J connectivity index is 2.15. The number of carbonyl (C=O) groups excluding carboxylic acids is 2. The number of rotatable bonds is 7. The van der Waals surface area contributed by atoms with E-state index in [-0.39, 0.29) is 22.9 Å². The van der Waals surface area contributed by atoms with Crippen molar-refractivity contribution in [3.63, 3.8) is 0 Å². The van der Waals surface area contributed by atoms with Gasteiger partial charge in [-0.2, -0.15) is 0 Å². The van der Waals surface area contributed by atoms with Crippen LogP contribution in [0.2, 0.25) is 10.0 Å². The first-order valence-electron chi connectivity index (χ1n) is 9.25. The van der Waals surface area contributed by atoms with Crippen LogP contribution >= 0.6 is 23.2 Å². The van der Waals surface area contributed by atoms with Crippen LogP contribution < -0.4 is 4.74 Å². The molecule has 1 amide bonds. The highest BCUT2D eigenvalue weighted by Crippen LogP contribution is 2.41. The summed E-state index contributed by atoms with van der Waals surface area (Å²) in [4.78, 5) is 27.2. The number of Topliss-reactive ketones (excluding diaryl/α,β-unsaturated/α-hetero) is 1. The van der Waals surface area contributed by atoms with E-state index in [1.165, 1.54) is 12.0 Å². The summed E-state index contributed by atoms with van der Waals surface area (Å²) in [5, 5.41) is 11.7. The number of benzene rings is 2. The summed E-state index contributed by atoms with van der Waals surface area (Å²) in [7, 11) is 3.07. The summed E-state index contributed by atoms with van der Waals surface area (Å²) < 4.78 is 10.3. The fraction of sp³-hybridized carbons (Fsp3) is 0.273. The number of nitrogens with zero attached hydrogens (tertiary/aromatic N) is 1. The molecule has 0 aliphatic carbocycles. The number of hydrogen-bond donors (Lipinski definition) is 1. The van der Waals surface area contributed by atoms with Gasteiger partial charge in [0.2, 0.25) is 0 Å². The van der Waals surface area contributed by atoms with Crippen molar-refractivity contribution in [1.82, 2.24) is 4.90 Å². The number of ether oxygens (including phenoxy) is 2. The molecule has 1 unspecified atom stereocenters. The van der Waals surface area contributed by atoms with Crippen molar-refractivity contribution in [1.29, 1.82) is 0 Å². The van der Waals surface area contributed by atoms with E-state index in [0.717, 1.165) is 0 Å². The van der Waals surface area contributed by atoms with Crippen LogP contribution in [-0.4, -0.2) is 49.1 Å². The molecular formula is C22H21Cl2NO5. The van der Waals surface area contributed by atoms with Crippen molar-refractivity contribution < 1.29 is 24.2 Å². The minimum atomic E-state index is -0.803. The minimum Gasteiger partial charge on any atom is -0.507 e. The summed E-state index contributed by atoms with van der Waals surface area (Å²) in [5.41, 5.74) is 0.934. The van der Waals surface area contributed by atoms with Gasteiger partial charge in [-0.3, -0.25) is 9.59 Å². The van der Waals surface area contributed by atoms with E-state index in [2.05, 4.69) is 0 Å². The summed E-state index contributed by atoms with van der Waals surface area (Å²) in [5.74, 6) is -1.22. The van der Waals surface area contributed by atoms with E-state index < -0.39 is 17.7 Å². The number of likely N-dealkylation sites (tertiary alicyclic amines) is 1. The van der Waals surface area contributed by atoms with Crippen molar-refractivity contribution in [3.05, 3.63) is 69.2 Å². The van der Waals surface area contributed by atoms with Crippen molar-refractivity contribution in [3.8, 4) is 5.75 Å². The average Bonchev–Trinajstić information content (AvgIpc) is 3.00. The Kier molecular flexibility index (Phi) is 7.02. The molecule has 0 spiro atoms. The molecule has 158 valence electrons. The maximum Gasteiger partial charge on any atom is 0.295 e. The molecule has 1 N–H and O–H groups in total. The standard InChI is InChI=1S/C22H21Cl2NO5/c1-29-10-4-9-25-19(13-7-8-16(23)17(24)12-13)18(21(27)22(25)28)20(26)14-5-3-6-15(11-14)30-2/h3,5-8,11-12,19,26H,4,9-10H2,1-2H3. The number of aliphatic hydroxyl groups is 1. The number of aliphatic hydroxyl groups excluding tert-OH is 1. The lowest BCUT2D eigenvalue weighted by Gasteiger charge is -2.25. The molecule has 30 heavy (non-hydrogen) atoms. The molecule has 1 atom stereocenters. The summed E-state index contributed by atoms with van der Waals surface area (Å²) >= 11 is 12.2. The summed E-state index contributed by atoms with van der Waals surface area (Å²) in [6.45, 7) is 0.700. The number of halogens is 2. The van der Waals surface area contributed by atoms with Gasteiger partial charge in [-0.25, -0.2) is 0 Å². The van der Waals surface area contributed by atoms with Gasteiger partial charge in [0.15, 0.2) is 0 Å². The first-order valence-corrected chi connectivity index (χ1v) is 10.0. The second-order valence-corrected chi connectivity index (χ2v) is 7.56. The van der Waals surface area contributed by atoms with E-state index in [9.17, 15) is 14.7 Å². The highest BCUT2D eigenvalue weighted by atomic mass is 35.5. The first-order chi connectivity index (χ1) is 14.4. The van der Waals surface area contributed by atoms with Crippen LogP contribution in [0.1, 0.15) is 23.6 Å². The predicted octanol–water partition coefficient (Wildman–Crippen LogP) is 4.46. The second kappa shape index (κ2) is 9.51. The van der Waals surface area contributed by atoms with Crippen LogP contribution in [-0.2, 0) is 14.3 Å². The molecule has 1 aliphatic rings. The first kappa shape index (κ1) is 22.2. The molecule has 1 aliphatic heterocycles. The molecule has 0 bridgehead atoms. The molecule has 1 saturated heterocycles. The van der Waals surface area contributed by atoms with Gasteiger partial charge in [-0.1, -0.05) is 41.4 Å². The van der Waals surface area contributed by atoms with Crippen LogP contribution in [0.25, 0.3) is 5.76 Å². The molecule has 2 aromatic rings. The average molecular weight is 450 g/mol. The predicted molar refractivity (Wildman–Crippen MR) is 115 cm³/mol. The zero-order chi connectivity index (χ0) is 21.8. The van der Waals surface area contributed by atoms with Crippen LogP contribution in [0.4, 0.5) is 0 Å². The zero-order valence-corrected chi connectivity index (χ0v) is 18.0. The Bertz CT molecular complexity index is 1000. The van der Waals surface area contributed by atoms with E-state index in [4.69, 9.17) is 32.7 Å². The monoisotopic (exact) mass is 449 g/mol. The van der Waals surface area contributed by atoms with E-state index in [1.807, 2.05) is 0 Å². The molecule has 0 saturated carbocycles.